The third kappa shape index (κ3) is 8.81. The molecule has 1 aromatic carbocycles. The topological polar surface area (TPSA) is 278 Å². The molecule has 0 radical (unpaired) electrons. The maximum Gasteiger partial charge on any atom is 0.229 e. The first-order valence-electron chi connectivity index (χ1n) is 18.4. The fourth-order valence-electron chi connectivity index (χ4n) is 7.58. The SMILES string of the molecule is C=C(C)[C@@H]1CCC(C)=C[C@H]1c1c(O[C@@H]2O[C@H](CO)[C@@H](O)[C@H](O)[C@H]2O)cc(CCC)cc1O[C@@H]1O[C@H](CO)[C@@H](O)[C@H](O[C@H]2O[C@H](CO)[C@@H](O)[C@H](O)[C@H]2O)[C@H]1O. The van der Waals surface area contributed by atoms with Gasteiger partial charge < -0.3 is 84.6 Å². The molecule has 17 nitrogen and oxygen atoms in total. The van der Waals surface area contributed by atoms with Gasteiger partial charge in [0.1, 0.15) is 84.7 Å². The van der Waals surface area contributed by atoms with Crippen molar-refractivity contribution in [3.05, 3.63) is 47.1 Å². The lowest BCUT2D eigenvalue weighted by Gasteiger charge is -2.46. The predicted octanol–water partition coefficient (Wildman–Crippen LogP) is -2.16. The van der Waals surface area contributed by atoms with Crippen molar-refractivity contribution in [3.63, 3.8) is 0 Å². The van der Waals surface area contributed by atoms with Crippen LogP contribution in [-0.2, 0) is 25.4 Å². The number of hydrogen-bond acceptors (Lipinski definition) is 17. The molecule has 306 valence electrons. The van der Waals surface area contributed by atoms with Crippen LogP contribution in [0.4, 0.5) is 0 Å². The highest BCUT2D eigenvalue weighted by atomic mass is 16.7. The molecule has 17 atom stereocenters. The second-order valence-electron chi connectivity index (χ2n) is 14.7. The predicted molar refractivity (Wildman–Crippen MR) is 186 cm³/mol. The first-order valence-corrected chi connectivity index (χ1v) is 18.4. The molecule has 0 aromatic heterocycles. The van der Waals surface area contributed by atoms with Gasteiger partial charge in [-0.15, -0.1) is 0 Å². The van der Waals surface area contributed by atoms with Gasteiger partial charge in [0.15, 0.2) is 6.29 Å². The molecule has 0 amide bonds. The summed E-state index contributed by atoms with van der Waals surface area (Å²) in [6.45, 7) is 7.83. The Morgan fingerprint density at radius 2 is 1.19 bits per heavy atom. The molecule has 17 heteroatoms. The Bertz CT molecular complexity index is 1440. The van der Waals surface area contributed by atoms with Crippen molar-refractivity contribution < 1.29 is 84.6 Å². The van der Waals surface area contributed by atoms with Gasteiger partial charge in [0.05, 0.1) is 19.8 Å². The molecule has 3 saturated heterocycles. The third-order valence-corrected chi connectivity index (χ3v) is 10.7. The van der Waals surface area contributed by atoms with E-state index in [4.69, 9.17) is 28.4 Å². The Morgan fingerprint density at radius 1 is 0.704 bits per heavy atom. The highest BCUT2D eigenvalue weighted by molar-refractivity contribution is 5.53. The van der Waals surface area contributed by atoms with Gasteiger partial charge in [-0.1, -0.05) is 37.1 Å². The van der Waals surface area contributed by atoms with Gasteiger partial charge in [0.25, 0.3) is 0 Å². The molecule has 54 heavy (non-hydrogen) atoms. The maximum atomic E-state index is 11.7. The molecule has 11 N–H and O–H groups in total. The smallest absolute Gasteiger partial charge is 0.229 e. The summed E-state index contributed by atoms with van der Waals surface area (Å²) in [6.07, 6.45) is -19.9. The molecule has 3 heterocycles. The van der Waals surface area contributed by atoms with Crippen molar-refractivity contribution in [2.24, 2.45) is 5.92 Å². The Hall–Kier alpha value is -2.30. The van der Waals surface area contributed by atoms with E-state index in [9.17, 15) is 56.2 Å². The quantitative estimate of drug-likeness (QED) is 0.0953. The lowest BCUT2D eigenvalue weighted by Crippen LogP contribution is -2.65. The minimum atomic E-state index is -1.86. The van der Waals surface area contributed by atoms with E-state index in [1.165, 1.54) is 0 Å². The van der Waals surface area contributed by atoms with E-state index in [1.807, 2.05) is 26.8 Å². The maximum absolute atomic E-state index is 11.7. The van der Waals surface area contributed by atoms with Crippen molar-refractivity contribution in [2.45, 2.75) is 144 Å². The van der Waals surface area contributed by atoms with Crippen LogP contribution in [0, 0.1) is 5.92 Å². The van der Waals surface area contributed by atoms with Crippen molar-refractivity contribution in [2.75, 3.05) is 19.8 Å². The molecule has 5 rings (SSSR count). The van der Waals surface area contributed by atoms with Gasteiger partial charge >= 0.3 is 0 Å². The Kier molecular flexibility index (Phi) is 14.5. The zero-order valence-corrected chi connectivity index (χ0v) is 30.6. The van der Waals surface area contributed by atoms with Gasteiger partial charge in [-0.2, -0.15) is 0 Å². The summed E-state index contributed by atoms with van der Waals surface area (Å²) in [6, 6.07) is 3.44. The molecule has 0 bridgehead atoms. The van der Waals surface area contributed by atoms with E-state index in [0.717, 1.165) is 17.6 Å². The summed E-state index contributed by atoms with van der Waals surface area (Å²) in [5.41, 5.74) is 2.98. The first-order chi connectivity index (χ1) is 25.6. The van der Waals surface area contributed by atoms with Gasteiger partial charge in [-0.3, -0.25) is 0 Å². The summed E-state index contributed by atoms with van der Waals surface area (Å²) < 4.78 is 35.6. The second-order valence-corrected chi connectivity index (χ2v) is 14.7. The van der Waals surface area contributed by atoms with Crippen LogP contribution < -0.4 is 9.47 Å². The molecule has 1 aliphatic carbocycles. The van der Waals surface area contributed by atoms with E-state index in [1.54, 1.807) is 12.1 Å². The van der Waals surface area contributed by atoms with Crippen LogP contribution in [0.5, 0.6) is 11.5 Å². The molecule has 3 fully saturated rings. The monoisotopic (exact) mass is 772 g/mol. The Morgan fingerprint density at radius 3 is 1.69 bits per heavy atom. The fraction of sp³-hybridized carbons (Fsp3) is 0.730. The molecular weight excluding hydrogens is 716 g/mol. The van der Waals surface area contributed by atoms with Gasteiger partial charge in [-0.25, -0.2) is 0 Å². The zero-order chi connectivity index (χ0) is 39.6. The van der Waals surface area contributed by atoms with Crippen LogP contribution in [0.2, 0.25) is 0 Å². The molecular formula is C37H56O17. The van der Waals surface area contributed by atoms with E-state index < -0.39 is 118 Å². The normalized spacial score (nSPS) is 41.6. The van der Waals surface area contributed by atoms with Crippen LogP contribution >= 0.6 is 0 Å². The van der Waals surface area contributed by atoms with Crippen molar-refractivity contribution >= 4 is 0 Å². The van der Waals surface area contributed by atoms with E-state index >= 15 is 0 Å². The fourth-order valence-corrected chi connectivity index (χ4v) is 7.58. The first kappa shape index (κ1) is 42.8. The van der Waals surface area contributed by atoms with E-state index in [2.05, 4.69) is 6.58 Å². The average Bonchev–Trinajstić information content (AvgIpc) is 3.14. The number of aliphatic hydroxyl groups excluding tert-OH is 11. The molecule has 0 saturated carbocycles. The second kappa shape index (κ2) is 18.3. The number of benzene rings is 1. The van der Waals surface area contributed by atoms with Crippen LogP contribution in [0.3, 0.4) is 0 Å². The van der Waals surface area contributed by atoms with E-state index in [-0.39, 0.29) is 17.4 Å². The molecule has 1 aromatic rings. The summed E-state index contributed by atoms with van der Waals surface area (Å²) in [4.78, 5) is 0. The molecule has 0 spiro atoms. The number of aryl methyl sites for hydroxylation is 1. The number of ether oxygens (including phenoxy) is 6. The molecule has 3 aliphatic heterocycles. The zero-order valence-electron chi connectivity index (χ0n) is 30.6. The van der Waals surface area contributed by atoms with Crippen molar-refractivity contribution in [1.82, 2.24) is 0 Å². The summed E-state index contributed by atoms with van der Waals surface area (Å²) in [5.74, 6) is -0.341. The van der Waals surface area contributed by atoms with Crippen molar-refractivity contribution in [1.29, 1.82) is 0 Å². The minimum Gasteiger partial charge on any atom is -0.462 e. The lowest BCUT2D eigenvalue weighted by atomic mass is 9.73. The number of rotatable bonds is 13. The van der Waals surface area contributed by atoms with E-state index in [0.29, 0.717) is 30.4 Å². The van der Waals surface area contributed by atoms with Gasteiger partial charge in [-0.05, 0) is 56.7 Å². The highest BCUT2D eigenvalue weighted by Crippen LogP contribution is 2.48. The number of allylic oxidation sites excluding steroid dienone is 3. The Balaban J connectivity index is 1.58. The van der Waals surface area contributed by atoms with Crippen LogP contribution in [0.15, 0.2) is 35.9 Å². The third-order valence-electron chi connectivity index (χ3n) is 10.7. The summed E-state index contributed by atoms with van der Waals surface area (Å²) in [5, 5.41) is 116. The highest BCUT2D eigenvalue weighted by Gasteiger charge is 2.52. The van der Waals surface area contributed by atoms with Crippen molar-refractivity contribution in [3.8, 4) is 11.5 Å². The largest absolute Gasteiger partial charge is 0.462 e. The van der Waals surface area contributed by atoms with Crippen LogP contribution in [-0.4, -0.2) is 168 Å². The Labute approximate surface area is 313 Å². The molecule has 0 unspecified atom stereocenters. The van der Waals surface area contributed by atoms with Crippen LogP contribution in [0.25, 0.3) is 0 Å². The number of hydrogen-bond donors (Lipinski definition) is 11. The number of aliphatic hydroxyl groups is 11. The molecule has 4 aliphatic rings. The van der Waals surface area contributed by atoms with Crippen LogP contribution in [0.1, 0.15) is 57.1 Å². The summed E-state index contributed by atoms with van der Waals surface area (Å²) >= 11 is 0. The van der Waals surface area contributed by atoms with Gasteiger partial charge in [0, 0.05) is 11.5 Å². The lowest BCUT2D eigenvalue weighted by molar-refractivity contribution is -0.352. The summed E-state index contributed by atoms with van der Waals surface area (Å²) in [7, 11) is 0. The standard InChI is InChI=1S/C37H56O17/c1-5-6-17-10-20(49-35-31(46)29(44)26(41)22(12-38)51-35)25(19-9-16(4)7-8-18(19)15(2)3)21(11-17)50-37-33(48)34(28(43)24(14-40)53-37)54-36-32(47)30(45)27(42)23(13-39)52-36/h9-11,18-19,22-24,26-48H,2,5-8,12-14H2,1,3-4H3/t18-,19+,22+,23+,24+,26+,27+,28+,29-,30-,31+,32+,33+,34-,35+,36+,37+/m0/s1. The van der Waals surface area contributed by atoms with Gasteiger partial charge in [0.2, 0.25) is 12.6 Å². The minimum absolute atomic E-state index is 0.131. The average molecular weight is 773 g/mol.